The molecule has 1 fully saturated rings. The Labute approximate surface area is 102 Å². The van der Waals surface area contributed by atoms with Gasteiger partial charge in [-0.2, -0.15) is 0 Å². The van der Waals surface area contributed by atoms with Gasteiger partial charge in [-0.05, 0) is 12.3 Å². The molecule has 0 radical (unpaired) electrons. The highest BCUT2D eigenvalue weighted by molar-refractivity contribution is 5.79. The number of carbonyl (C=O) groups excluding carboxylic acids is 1. The van der Waals surface area contributed by atoms with Crippen molar-refractivity contribution < 1.29 is 19.4 Å². The van der Waals surface area contributed by atoms with E-state index < -0.39 is 5.97 Å². The van der Waals surface area contributed by atoms with E-state index in [0.29, 0.717) is 32.2 Å². The van der Waals surface area contributed by atoms with E-state index in [1.165, 1.54) is 0 Å². The molecule has 17 heavy (non-hydrogen) atoms. The first-order valence-corrected chi connectivity index (χ1v) is 6.09. The predicted molar refractivity (Wildman–Crippen MR) is 62.6 cm³/mol. The first-order valence-electron chi connectivity index (χ1n) is 6.09. The molecule has 0 aromatic rings. The van der Waals surface area contributed by atoms with Crippen molar-refractivity contribution in [2.24, 2.45) is 11.8 Å². The number of nitrogens with zero attached hydrogens (tertiary/aromatic N) is 1. The van der Waals surface area contributed by atoms with Crippen molar-refractivity contribution >= 4 is 11.9 Å². The fourth-order valence-corrected chi connectivity index (χ4v) is 1.95. The molecule has 0 saturated carbocycles. The van der Waals surface area contributed by atoms with Crippen molar-refractivity contribution in [1.82, 2.24) is 4.90 Å². The van der Waals surface area contributed by atoms with Gasteiger partial charge in [0.25, 0.3) is 0 Å². The molecule has 5 nitrogen and oxygen atoms in total. The number of hydrogen-bond donors (Lipinski definition) is 1. The molecule has 0 aliphatic carbocycles. The summed E-state index contributed by atoms with van der Waals surface area (Å²) in [4.78, 5) is 24.4. The first kappa shape index (κ1) is 14.0. The molecule has 1 amide bonds. The number of carboxylic acid groups (broad SMARTS) is 1. The van der Waals surface area contributed by atoms with E-state index >= 15 is 0 Å². The van der Waals surface area contributed by atoms with Gasteiger partial charge in [0.2, 0.25) is 5.91 Å². The molecule has 1 aliphatic heterocycles. The van der Waals surface area contributed by atoms with Crippen LogP contribution in [0.4, 0.5) is 0 Å². The van der Waals surface area contributed by atoms with Gasteiger partial charge in [-0.3, -0.25) is 9.59 Å². The lowest BCUT2D eigenvalue weighted by Gasteiger charge is -2.26. The molecule has 1 heterocycles. The number of rotatable bonds is 6. The number of carboxylic acids is 1. The summed E-state index contributed by atoms with van der Waals surface area (Å²) in [6.07, 6.45) is 0.756. The van der Waals surface area contributed by atoms with E-state index in [0.717, 1.165) is 6.42 Å². The minimum atomic E-state index is -0.866. The van der Waals surface area contributed by atoms with Gasteiger partial charge in [-0.1, -0.05) is 13.8 Å². The van der Waals surface area contributed by atoms with Crippen LogP contribution in [-0.2, 0) is 14.3 Å². The Kier molecular flexibility index (Phi) is 5.41. The van der Waals surface area contributed by atoms with Gasteiger partial charge in [0.05, 0.1) is 18.9 Å². The van der Waals surface area contributed by atoms with Crippen LogP contribution in [0.25, 0.3) is 0 Å². The number of amides is 1. The molecule has 0 spiro atoms. The maximum atomic E-state index is 12.1. The van der Waals surface area contributed by atoms with Crippen LogP contribution in [-0.4, -0.2) is 48.2 Å². The van der Waals surface area contributed by atoms with Crippen LogP contribution in [0.5, 0.6) is 0 Å². The molecule has 1 unspecified atom stereocenters. The SMILES string of the molecule is CC(C)CN(CCC(=O)O)C(=O)C1CCOC1. The minimum absolute atomic E-state index is 0.00599. The van der Waals surface area contributed by atoms with Crippen LogP contribution >= 0.6 is 0 Å². The van der Waals surface area contributed by atoms with E-state index in [1.807, 2.05) is 13.8 Å². The number of hydrogen-bond acceptors (Lipinski definition) is 3. The molecule has 0 aromatic heterocycles. The van der Waals surface area contributed by atoms with Gasteiger partial charge in [-0.15, -0.1) is 0 Å². The average Bonchev–Trinajstić information content (AvgIpc) is 2.75. The van der Waals surface area contributed by atoms with Crippen molar-refractivity contribution in [3.8, 4) is 0 Å². The Bertz CT molecular complexity index is 272. The van der Waals surface area contributed by atoms with Crippen LogP contribution in [0, 0.1) is 11.8 Å². The molecule has 1 rings (SSSR count). The summed E-state index contributed by atoms with van der Waals surface area (Å²) in [5.41, 5.74) is 0. The van der Waals surface area contributed by atoms with Crippen LogP contribution in [0.2, 0.25) is 0 Å². The maximum absolute atomic E-state index is 12.1. The van der Waals surface area contributed by atoms with E-state index in [-0.39, 0.29) is 18.2 Å². The molecular formula is C12H21NO4. The lowest BCUT2D eigenvalue weighted by Crippen LogP contribution is -2.40. The predicted octanol–water partition coefficient (Wildman–Crippen LogP) is 0.982. The number of ether oxygens (including phenoxy) is 1. The van der Waals surface area contributed by atoms with E-state index in [2.05, 4.69) is 0 Å². The lowest BCUT2D eigenvalue weighted by atomic mass is 10.1. The zero-order chi connectivity index (χ0) is 12.8. The highest BCUT2D eigenvalue weighted by Crippen LogP contribution is 2.16. The topological polar surface area (TPSA) is 66.8 Å². The third kappa shape index (κ3) is 4.73. The van der Waals surface area contributed by atoms with E-state index in [9.17, 15) is 9.59 Å². The first-order chi connectivity index (χ1) is 8.00. The Morgan fingerprint density at radius 2 is 2.18 bits per heavy atom. The normalized spacial score (nSPS) is 19.6. The largest absolute Gasteiger partial charge is 0.481 e. The Morgan fingerprint density at radius 3 is 2.65 bits per heavy atom. The summed E-state index contributed by atoms with van der Waals surface area (Å²) in [6, 6.07) is 0. The summed E-state index contributed by atoms with van der Waals surface area (Å²) < 4.78 is 5.20. The fraction of sp³-hybridized carbons (Fsp3) is 0.833. The summed E-state index contributed by atoms with van der Waals surface area (Å²) in [5.74, 6) is -0.565. The zero-order valence-electron chi connectivity index (χ0n) is 10.5. The molecule has 0 bridgehead atoms. The molecule has 98 valence electrons. The molecule has 1 aliphatic rings. The van der Waals surface area contributed by atoms with Gasteiger partial charge in [-0.25, -0.2) is 0 Å². The standard InChI is InChI=1S/C12H21NO4/c1-9(2)7-13(5-3-11(14)15)12(16)10-4-6-17-8-10/h9-10H,3-8H2,1-2H3,(H,14,15). The second-order valence-corrected chi connectivity index (χ2v) is 4.88. The van der Waals surface area contributed by atoms with Crippen molar-refractivity contribution in [1.29, 1.82) is 0 Å². The molecule has 0 aromatic carbocycles. The average molecular weight is 243 g/mol. The third-order valence-corrected chi connectivity index (χ3v) is 2.77. The summed E-state index contributed by atoms with van der Waals surface area (Å²) >= 11 is 0. The Balaban J connectivity index is 2.53. The van der Waals surface area contributed by atoms with Gasteiger partial charge in [0.15, 0.2) is 0 Å². The molecule has 1 atom stereocenters. The van der Waals surface area contributed by atoms with Gasteiger partial charge >= 0.3 is 5.97 Å². The van der Waals surface area contributed by atoms with Crippen molar-refractivity contribution in [3.63, 3.8) is 0 Å². The maximum Gasteiger partial charge on any atom is 0.305 e. The molecule has 1 saturated heterocycles. The van der Waals surface area contributed by atoms with Crippen LogP contribution in [0.1, 0.15) is 26.7 Å². The summed E-state index contributed by atoms with van der Waals surface area (Å²) in [5, 5.41) is 8.68. The van der Waals surface area contributed by atoms with E-state index in [4.69, 9.17) is 9.84 Å². The van der Waals surface area contributed by atoms with Crippen molar-refractivity contribution in [2.75, 3.05) is 26.3 Å². The lowest BCUT2D eigenvalue weighted by molar-refractivity contribution is -0.140. The third-order valence-electron chi connectivity index (χ3n) is 2.77. The summed E-state index contributed by atoms with van der Waals surface area (Å²) in [6.45, 7) is 6.05. The van der Waals surface area contributed by atoms with Crippen LogP contribution in [0.15, 0.2) is 0 Å². The van der Waals surface area contributed by atoms with Crippen molar-refractivity contribution in [2.45, 2.75) is 26.7 Å². The fourth-order valence-electron chi connectivity index (χ4n) is 1.95. The zero-order valence-corrected chi connectivity index (χ0v) is 10.5. The number of carbonyl (C=O) groups is 2. The smallest absolute Gasteiger partial charge is 0.305 e. The monoisotopic (exact) mass is 243 g/mol. The quantitative estimate of drug-likeness (QED) is 0.755. The Hall–Kier alpha value is -1.10. The second kappa shape index (κ2) is 6.59. The number of aliphatic carboxylic acids is 1. The van der Waals surface area contributed by atoms with Crippen LogP contribution < -0.4 is 0 Å². The summed E-state index contributed by atoms with van der Waals surface area (Å²) in [7, 11) is 0. The van der Waals surface area contributed by atoms with Gasteiger partial charge in [0.1, 0.15) is 0 Å². The molecule has 5 heteroatoms. The minimum Gasteiger partial charge on any atom is -0.481 e. The van der Waals surface area contributed by atoms with Gasteiger partial charge in [0, 0.05) is 19.7 Å². The van der Waals surface area contributed by atoms with E-state index in [1.54, 1.807) is 4.90 Å². The molecule has 1 N–H and O–H groups in total. The molecular weight excluding hydrogens is 222 g/mol. The second-order valence-electron chi connectivity index (χ2n) is 4.88. The Morgan fingerprint density at radius 1 is 1.47 bits per heavy atom. The van der Waals surface area contributed by atoms with Gasteiger partial charge < -0.3 is 14.7 Å². The highest BCUT2D eigenvalue weighted by Gasteiger charge is 2.28. The van der Waals surface area contributed by atoms with Crippen molar-refractivity contribution in [3.05, 3.63) is 0 Å². The van der Waals surface area contributed by atoms with Crippen LogP contribution in [0.3, 0.4) is 0 Å². The highest BCUT2D eigenvalue weighted by atomic mass is 16.5.